The van der Waals surface area contributed by atoms with Crippen molar-refractivity contribution in [3.63, 3.8) is 0 Å². The Labute approximate surface area is 156 Å². The first-order valence-corrected chi connectivity index (χ1v) is 8.57. The van der Waals surface area contributed by atoms with Crippen molar-refractivity contribution in [2.45, 2.75) is 45.1 Å². The summed E-state index contributed by atoms with van der Waals surface area (Å²) in [6.07, 6.45) is 5.79. The van der Waals surface area contributed by atoms with Crippen LogP contribution in [0.25, 0.3) is 0 Å². The van der Waals surface area contributed by atoms with E-state index in [1.165, 1.54) is 25.3 Å². The quantitative estimate of drug-likeness (QED) is 0.821. The van der Waals surface area contributed by atoms with Crippen LogP contribution in [0.2, 0.25) is 0 Å². The van der Waals surface area contributed by atoms with Crippen molar-refractivity contribution in [2.24, 2.45) is 5.92 Å². The van der Waals surface area contributed by atoms with Gasteiger partial charge in [0.2, 0.25) is 0 Å². The molecule has 0 bridgehead atoms. The predicted octanol–water partition coefficient (Wildman–Crippen LogP) is 4.64. The average molecular weight is 381 g/mol. The molecule has 1 aromatic rings. The highest BCUT2D eigenvalue weighted by Gasteiger charge is 2.34. The Hall–Kier alpha value is -0.420. The predicted molar refractivity (Wildman–Crippen MR) is 99.3 cm³/mol. The Morgan fingerprint density at radius 2 is 1.67 bits per heavy atom. The van der Waals surface area contributed by atoms with Gasteiger partial charge in [-0.2, -0.15) is 0 Å². The molecule has 0 unspecified atom stereocenters. The van der Waals surface area contributed by atoms with Gasteiger partial charge in [-0.05, 0) is 37.3 Å². The molecule has 2 fully saturated rings. The highest BCUT2D eigenvalue weighted by Crippen LogP contribution is 2.40. The van der Waals surface area contributed by atoms with Gasteiger partial charge in [-0.3, -0.25) is 4.90 Å². The SMILES string of the molecule is Cc1ccc(F)c([C@H](C2CCCCC2)N2CCNCC2)c1F.Cl.Cl. The number of halogens is 4. The molecule has 1 heterocycles. The number of hydrogen-bond acceptors (Lipinski definition) is 2. The lowest BCUT2D eigenvalue weighted by Crippen LogP contribution is -2.47. The number of hydrogen-bond donors (Lipinski definition) is 1. The maximum Gasteiger partial charge on any atom is 0.133 e. The minimum Gasteiger partial charge on any atom is -0.314 e. The number of aryl methyl sites for hydroxylation is 1. The minimum absolute atomic E-state index is 0. The van der Waals surface area contributed by atoms with Crippen LogP contribution in [0.5, 0.6) is 0 Å². The molecule has 1 saturated heterocycles. The molecular formula is C18H28Cl2F2N2. The van der Waals surface area contributed by atoms with Crippen LogP contribution in [-0.2, 0) is 0 Å². The molecule has 1 saturated carbocycles. The Kier molecular flexibility index (Phi) is 8.93. The van der Waals surface area contributed by atoms with Crippen LogP contribution in [0.1, 0.15) is 49.3 Å². The molecule has 3 rings (SSSR count). The Morgan fingerprint density at radius 1 is 1.04 bits per heavy atom. The summed E-state index contributed by atoms with van der Waals surface area (Å²) < 4.78 is 29.2. The van der Waals surface area contributed by atoms with Crippen molar-refractivity contribution in [1.29, 1.82) is 0 Å². The highest BCUT2D eigenvalue weighted by atomic mass is 35.5. The summed E-state index contributed by atoms with van der Waals surface area (Å²) in [7, 11) is 0. The molecule has 1 aromatic carbocycles. The summed E-state index contributed by atoms with van der Waals surface area (Å²) in [6, 6.07) is 2.87. The van der Waals surface area contributed by atoms with Gasteiger partial charge < -0.3 is 5.32 Å². The number of nitrogens with zero attached hydrogens (tertiary/aromatic N) is 1. The van der Waals surface area contributed by atoms with E-state index < -0.39 is 0 Å². The van der Waals surface area contributed by atoms with E-state index in [1.807, 2.05) is 0 Å². The van der Waals surface area contributed by atoms with Crippen LogP contribution in [0.4, 0.5) is 8.78 Å². The minimum atomic E-state index is -0.378. The molecule has 1 aliphatic carbocycles. The first-order valence-electron chi connectivity index (χ1n) is 8.57. The molecule has 0 amide bonds. The first-order chi connectivity index (χ1) is 10.7. The second-order valence-corrected chi connectivity index (χ2v) is 6.72. The van der Waals surface area contributed by atoms with Crippen molar-refractivity contribution in [3.05, 3.63) is 34.9 Å². The third-order valence-corrected chi connectivity index (χ3v) is 5.26. The largest absolute Gasteiger partial charge is 0.314 e. The van der Waals surface area contributed by atoms with E-state index in [1.54, 1.807) is 13.0 Å². The van der Waals surface area contributed by atoms with Crippen LogP contribution < -0.4 is 5.32 Å². The van der Waals surface area contributed by atoms with Gasteiger partial charge in [0.05, 0.1) is 0 Å². The molecule has 0 spiro atoms. The Balaban J connectivity index is 0.00000144. The van der Waals surface area contributed by atoms with Gasteiger partial charge in [0.15, 0.2) is 0 Å². The number of nitrogens with one attached hydrogen (secondary N) is 1. The van der Waals surface area contributed by atoms with Crippen LogP contribution in [0, 0.1) is 24.5 Å². The average Bonchev–Trinajstić information content (AvgIpc) is 2.57. The van der Waals surface area contributed by atoms with E-state index in [4.69, 9.17) is 0 Å². The molecule has 2 aliphatic rings. The van der Waals surface area contributed by atoms with Crippen molar-refractivity contribution in [2.75, 3.05) is 26.2 Å². The van der Waals surface area contributed by atoms with Crippen LogP contribution in [0.15, 0.2) is 12.1 Å². The zero-order valence-corrected chi connectivity index (χ0v) is 15.8. The lowest BCUT2D eigenvalue weighted by Gasteiger charge is -2.41. The lowest BCUT2D eigenvalue weighted by atomic mass is 9.79. The van der Waals surface area contributed by atoms with E-state index in [-0.39, 0.29) is 42.5 Å². The van der Waals surface area contributed by atoms with Gasteiger partial charge in [-0.15, -0.1) is 24.8 Å². The van der Waals surface area contributed by atoms with Gasteiger partial charge in [-0.25, -0.2) is 8.78 Å². The van der Waals surface area contributed by atoms with Gasteiger partial charge >= 0.3 is 0 Å². The molecule has 1 atom stereocenters. The monoisotopic (exact) mass is 380 g/mol. The highest BCUT2D eigenvalue weighted by molar-refractivity contribution is 5.85. The van der Waals surface area contributed by atoms with Crippen molar-refractivity contribution < 1.29 is 8.78 Å². The Bertz CT molecular complexity index is 498. The maximum atomic E-state index is 14.7. The molecule has 0 radical (unpaired) electrons. The second kappa shape index (κ2) is 9.91. The normalized spacial score (nSPS) is 20.8. The van der Waals surface area contributed by atoms with Crippen LogP contribution >= 0.6 is 24.8 Å². The van der Waals surface area contributed by atoms with Gasteiger partial charge in [0, 0.05) is 37.8 Å². The van der Waals surface area contributed by atoms with Gasteiger partial charge in [0.1, 0.15) is 11.6 Å². The summed E-state index contributed by atoms with van der Waals surface area (Å²) in [4.78, 5) is 2.30. The summed E-state index contributed by atoms with van der Waals surface area (Å²) >= 11 is 0. The first kappa shape index (κ1) is 21.6. The standard InChI is InChI=1S/C18H26F2N2.2ClH/c1-13-7-8-15(19)16(17(13)20)18(14-5-3-2-4-6-14)22-11-9-21-10-12-22;;/h7-8,14,18,21H,2-6,9-12H2,1H3;2*1H/t18-;;/m0../s1. The van der Waals surface area contributed by atoms with Gasteiger partial charge in [-0.1, -0.05) is 25.3 Å². The van der Waals surface area contributed by atoms with E-state index in [0.717, 1.165) is 39.0 Å². The zero-order chi connectivity index (χ0) is 15.5. The molecule has 2 nitrogen and oxygen atoms in total. The van der Waals surface area contributed by atoms with Gasteiger partial charge in [0.25, 0.3) is 0 Å². The van der Waals surface area contributed by atoms with Crippen LogP contribution in [0.3, 0.4) is 0 Å². The van der Waals surface area contributed by atoms with Crippen LogP contribution in [-0.4, -0.2) is 31.1 Å². The molecule has 138 valence electrons. The fraction of sp³-hybridized carbons (Fsp3) is 0.667. The topological polar surface area (TPSA) is 15.3 Å². The summed E-state index contributed by atoms with van der Waals surface area (Å²) in [5, 5.41) is 3.34. The maximum absolute atomic E-state index is 14.7. The molecule has 1 N–H and O–H groups in total. The van der Waals surface area contributed by atoms with E-state index in [2.05, 4.69) is 10.2 Å². The smallest absolute Gasteiger partial charge is 0.133 e. The summed E-state index contributed by atoms with van der Waals surface area (Å²) in [5.41, 5.74) is 0.862. The molecule has 24 heavy (non-hydrogen) atoms. The summed E-state index contributed by atoms with van der Waals surface area (Å²) in [6.45, 7) is 5.27. The van der Waals surface area contributed by atoms with Crippen molar-refractivity contribution in [3.8, 4) is 0 Å². The number of rotatable bonds is 3. The lowest BCUT2D eigenvalue weighted by molar-refractivity contribution is 0.0975. The fourth-order valence-corrected chi connectivity index (χ4v) is 4.08. The third kappa shape index (κ3) is 4.60. The van der Waals surface area contributed by atoms with E-state index in [9.17, 15) is 8.78 Å². The van der Waals surface area contributed by atoms with Crippen molar-refractivity contribution >= 4 is 24.8 Å². The molecule has 6 heteroatoms. The van der Waals surface area contributed by atoms with E-state index >= 15 is 0 Å². The number of benzene rings is 1. The summed E-state index contributed by atoms with van der Waals surface area (Å²) in [5.74, 6) is -0.344. The number of piperazine rings is 1. The third-order valence-electron chi connectivity index (χ3n) is 5.26. The molecule has 0 aromatic heterocycles. The zero-order valence-electron chi connectivity index (χ0n) is 14.2. The van der Waals surface area contributed by atoms with Crippen molar-refractivity contribution in [1.82, 2.24) is 10.2 Å². The molecular weight excluding hydrogens is 353 g/mol. The molecule has 1 aliphatic heterocycles. The Morgan fingerprint density at radius 3 is 2.29 bits per heavy atom. The second-order valence-electron chi connectivity index (χ2n) is 6.72. The fourth-order valence-electron chi connectivity index (χ4n) is 4.08. The van der Waals surface area contributed by atoms with E-state index in [0.29, 0.717) is 17.0 Å².